The molecule has 1 aliphatic carbocycles. The van der Waals surface area contributed by atoms with Crippen molar-refractivity contribution in [1.29, 1.82) is 0 Å². The Balaban J connectivity index is 1.40. The summed E-state index contributed by atoms with van der Waals surface area (Å²) in [5.74, 6) is 2.09. The molecule has 4 atom stereocenters. The van der Waals surface area contributed by atoms with Crippen LogP contribution in [-0.2, 0) is 4.79 Å². The van der Waals surface area contributed by atoms with Crippen molar-refractivity contribution in [3.8, 4) is 0 Å². The average Bonchev–Trinajstić information content (AvgIpc) is 3.52. The van der Waals surface area contributed by atoms with Gasteiger partial charge in [0.1, 0.15) is 0 Å². The van der Waals surface area contributed by atoms with E-state index in [9.17, 15) is 9.59 Å². The smallest absolute Gasteiger partial charge is 0.317 e. The van der Waals surface area contributed by atoms with Gasteiger partial charge in [-0.15, -0.1) is 0 Å². The lowest BCUT2D eigenvalue weighted by Gasteiger charge is -2.57. The molecule has 0 spiro atoms. The Bertz CT molecular complexity index is 589. The van der Waals surface area contributed by atoms with Gasteiger partial charge in [-0.2, -0.15) is 0 Å². The summed E-state index contributed by atoms with van der Waals surface area (Å²) < 4.78 is 0. The van der Waals surface area contributed by atoms with Crippen molar-refractivity contribution in [2.45, 2.75) is 89.8 Å². The maximum Gasteiger partial charge on any atom is 0.317 e. The molecular weight excluding hydrogens is 364 g/mol. The second kappa shape index (κ2) is 9.23. The van der Waals surface area contributed by atoms with Crippen LogP contribution in [-0.4, -0.2) is 66.0 Å². The highest BCUT2D eigenvalue weighted by molar-refractivity contribution is 5.76. The van der Waals surface area contributed by atoms with Crippen LogP contribution in [0.5, 0.6) is 0 Å². The molecule has 164 valence electrons. The van der Waals surface area contributed by atoms with E-state index in [-0.39, 0.29) is 24.0 Å². The Kier molecular flexibility index (Phi) is 6.67. The zero-order valence-electron chi connectivity index (χ0n) is 18.4. The van der Waals surface area contributed by atoms with Crippen molar-refractivity contribution in [1.82, 2.24) is 20.4 Å². The fourth-order valence-electron chi connectivity index (χ4n) is 6.07. The molecule has 29 heavy (non-hydrogen) atoms. The van der Waals surface area contributed by atoms with E-state index in [0.717, 1.165) is 31.8 Å². The lowest BCUT2D eigenvalue weighted by molar-refractivity contribution is -0.121. The molecule has 4 rings (SSSR count). The minimum absolute atomic E-state index is 0.101. The quantitative estimate of drug-likeness (QED) is 0.686. The average molecular weight is 405 g/mol. The number of urea groups is 1. The molecule has 0 aromatic rings. The first-order valence-corrected chi connectivity index (χ1v) is 12.1. The largest absolute Gasteiger partial charge is 0.356 e. The monoisotopic (exact) mass is 404 g/mol. The summed E-state index contributed by atoms with van der Waals surface area (Å²) in [7, 11) is 0. The number of hydrogen-bond acceptors (Lipinski definition) is 3. The highest BCUT2D eigenvalue weighted by atomic mass is 16.2. The molecule has 1 saturated carbocycles. The van der Waals surface area contributed by atoms with Gasteiger partial charge in [0.05, 0.1) is 0 Å². The number of nitrogens with one attached hydrogen (secondary N) is 2. The van der Waals surface area contributed by atoms with E-state index in [1.54, 1.807) is 0 Å². The van der Waals surface area contributed by atoms with E-state index in [1.807, 2.05) is 13.8 Å². The fourth-order valence-corrected chi connectivity index (χ4v) is 6.07. The topological polar surface area (TPSA) is 64.7 Å². The molecule has 0 aromatic carbocycles. The number of carbonyl (C=O) groups is 2. The molecule has 4 aliphatic rings. The van der Waals surface area contributed by atoms with Gasteiger partial charge in [0.2, 0.25) is 5.91 Å². The lowest BCUT2D eigenvalue weighted by Crippen LogP contribution is -2.66. The van der Waals surface area contributed by atoms with Gasteiger partial charge in [0.25, 0.3) is 0 Å². The van der Waals surface area contributed by atoms with Gasteiger partial charge in [-0.1, -0.05) is 0 Å². The van der Waals surface area contributed by atoms with Gasteiger partial charge < -0.3 is 15.5 Å². The maximum absolute atomic E-state index is 13.1. The first kappa shape index (κ1) is 21.0. The number of amides is 3. The van der Waals surface area contributed by atoms with E-state index in [0.29, 0.717) is 24.3 Å². The normalized spacial score (nSPS) is 32.0. The van der Waals surface area contributed by atoms with Crippen molar-refractivity contribution in [3.05, 3.63) is 0 Å². The Morgan fingerprint density at radius 2 is 1.83 bits per heavy atom. The van der Waals surface area contributed by atoms with Gasteiger partial charge >= 0.3 is 6.03 Å². The lowest BCUT2D eigenvalue weighted by atomic mass is 9.69. The minimum atomic E-state index is 0.101. The Morgan fingerprint density at radius 1 is 1.07 bits per heavy atom. The van der Waals surface area contributed by atoms with E-state index >= 15 is 0 Å². The van der Waals surface area contributed by atoms with Crippen LogP contribution in [0.25, 0.3) is 0 Å². The molecule has 0 bridgehead atoms. The van der Waals surface area contributed by atoms with Gasteiger partial charge in [-0.25, -0.2) is 4.79 Å². The molecule has 0 aromatic heterocycles. The van der Waals surface area contributed by atoms with Crippen LogP contribution >= 0.6 is 0 Å². The van der Waals surface area contributed by atoms with Gasteiger partial charge in [-0.3, -0.25) is 9.69 Å². The second-order valence-corrected chi connectivity index (χ2v) is 10.2. The first-order valence-electron chi connectivity index (χ1n) is 12.1. The number of piperidine rings is 3. The maximum atomic E-state index is 13.1. The molecule has 3 amide bonds. The number of likely N-dealkylation sites (tertiary alicyclic amines) is 1. The Morgan fingerprint density at radius 3 is 2.55 bits per heavy atom. The molecule has 6 heteroatoms. The van der Waals surface area contributed by atoms with Crippen molar-refractivity contribution in [2.75, 3.05) is 26.2 Å². The summed E-state index contributed by atoms with van der Waals surface area (Å²) in [6.07, 6.45) is 9.93. The summed E-state index contributed by atoms with van der Waals surface area (Å²) in [5, 5.41) is 6.24. The van der Waals surface area contributed by atoms with Gasteiger partial charge in [0.15, 0.2) is 0 Å². The summed E-state index contributed by atoms with van der Waals surface area (Å²) >= 11 is 0. The number of nitrogens with zero attached hydrogens (tertiary/aromatic N) is 2. The molecule has 3 aliphatic heterocycles. The summed E-state index contributed by atoms with van der Waals surface area (Å²) in [6.45, 7) is 8.26. The fraction of sp³-hybridized carbons (Fsp3) is 0.913. The third kappa shape index (κ3) is 5.07. The first-order chi connectivity index (χ1) is 14.0. The predicted molar refractivity (Wildman–Crippen MR) is 115 cm³/mol. The van der Waals surface area contributed by atoms with Crippen LogP contribution < -0.4 is 10.6 Å². The number of hydrogen-bond donors (Lipinski definition) is 2. The summed E-state index contributed by atoms with van der Waals surface area (Å²) in [6, 6.07) is 1.18. The van der Waals surface area contributed by atoms with Crippen molar-refractivity contribution in [3.63, 3.8) is 0 Å². The Hall–Kier alpha value is -1.30. The van der Waals surface area contributed by atoms with Crippen LogP contribution in [0.15, 0.2) is 0 Å². The molecule has 3 heterocycles. The van der Waals surface area contributed by atoms with Crippen LogP contribution in [0.1, 0.15) is 71.6 Å². The minimum Gasteiger partial charge on any atom is -0.356 e. The predicted octanol–water partition coefficient (Wildman–Crippen LogP) is 2.98. The highest BCUT2D eigenvalue weighted by Gasteiger charge is 2.49. The van der Waals surface area contributed by atoms with Crippen LogP contribution in [0.3, 0.4) is 0 Å². The van der Waals surface area contributed by atoms with E-state index in [2.05, 4.69) is 20.4 Å². The molecule has 6 nitrogen and oxygen atoms in total. The van der Waals surface area contributed by atoms with Crippen LogP contribution in [0.4, 0.5) is 4.79 Å². The zero-order chi connectivity index (χ0) is 20.4. The number of rotatable bonds is 7. The zero-order valence-corrected chi connectivity index (χ0v) is 18.4. The summed E-state index contributed by atoms with van der Waals surface area (Å²) in [4.78, 5) is 30.1. The molecular formula is C23H40N4O2. The molecule has 0 unspecified atom stereocenters. The van der Waals surface area contributed by atoms with E-state index in [1.165, 1.54) is 51.6 Å². The third-order valence-corrected chi connectivity index (χ3v) is 7.53. The molecule has 2 N–H and O–H groups in total. The Labute approximate surface area is 176 Å². The second-order valence-electron chi connectivity index (χ2n) is 10.2. The summed E-state index contributed by atoms with van der Waals surface area (Å²) in [5.41, 5.74) is 0. The van der Waals surface area contributed by atoms with Crippen LogP contribution in [0.2, 0.25) is 0 Å². The standard InChI is InChI=1S/C23H40N4O2/c1-16(2)25-23(29)27-15-18-6-4-12-26-13-5-7-19(22(18)26)20(27)8-3-9-21(28)24-14-17-10-11-17/h16-20,22H,3-15H2,1-2H3,(H,24,28)(H,25,29)/t18-,19+,20+,22-/m0/s1. The van der Waals surface area contributed by atoms with Gasteiger partial charge in [0, 0.05) is 37.6 Å². The SMILES string of the molecule is CC(C)NC(=O)N1C[C@@H]2CCCN3CCC[C@@H]([C@H]23)[C@H]1CCCC(=O)NCC1CC1. The molecule has 4 fully saturated rings. The van der Waals surface area contributed by atoms with Crippen LogP contribution in [0, 0.1) is 17.8 Å². The number of carbonyl (C=O) groups excluding carboxylic acids is 2. The van der Waals surface area contributed by atoms with E-state index in [4.69, 9.17) is 0 Å². The highest BCUT2D eigenvalue weighted by Crippen LogP contribution is 2.43. The van der Waals surface area contributed by atoms with Crippen molar-refractivity contribution >= 4 is 11.9 Å². The third-order valence-electron chi connectivity index (χ3n) is 7.53. The molecule has 0 radical (unpaired) electrons. The van der Waals surface area contributed by atoms with E-state index < -0.39 is 0 Å². The van der Waals surface area contributed by atoms with Crippen molar-refractivity contribution < 1.29 is 9.59 Å². The van der Waals surface area contributed by atoms with Gasteiger partial charge in [-0.05, 0) is 96.1 Å². The molecule has 3 saturated heterocycles. The van der Waals surface area contributed by atoms with Crippen molar-refractivity contribution in [2.24, 2.45) is 17.8 Å².